The predicted octanol–water partition coefficient (Wildman–Crippen LogP) is 4.28. The molecule has 2 aromatic rings. The van der Waals surface area contributed by atoms with E-state index in [0.29, 0.717) is 0 Å². The SMILES string of the molecule is C=Cc1ccccc1.C=Cc1ccccc1.[Si]. The molecule has 4 radical (unpaired) electrons. The van der Waals surface area contributed by atoms with Crippen molar-refractivity contribution in [2.24, 2.45) is 0 Å². The van der Waals surface area contributed by atoms with Crippen molar-refractivity contribution in [3.63, 3.8) is 0 Å². The van der Waals surface area contributed by atoms with Gasteiger partial charge < -0.3 is 0 Å². The van der Waals surface area contributed by atoms with Gasteiger partial charge in [-0.1, -0.05) is 86.0 Å². The van der Waals surface area contributed by atoms with E-state index >= 15 is 0 Å². The van der Waals surface area contributed by atoms with Crippen molar-refractivity contribution in [1.82, 2.24) is 0 Å². The first kappa shape index (κ1) is 15.1. The zero-order valence-electron chi connectivity index (χ0n) is 9.84. The molecule has 2 aromatic carbocycles. The van der Waals surface area contributed by atoms with Gasteiger partial charge in [0.2, 0.25) is 0 Å². The molecule has 0 atom stereocenters. The van der Waals surface area contributed by atoms with Crippen molar-refractivity contribution < 1.29 is 0 Å². The third-order valence-electron chi connectivity index (χ3n) is 2.07. The van der Waals surface area contributed by atoms with Crippen molar-refractivity contribution in [2.45, 2.75) is 0 Å². The molecule has 0 heterocycles. The van der Waals surface area contributed by atoms with Gasteiger partial charge in [0.15, 0.2) is 0 Å². The molecule has 0 aromatic heterocycles. The molecule has 0 unspecified atom stereocenters. The summed E-state index contributed by atoms with van der Waals surface area (Å²) in [5.74, 6) is 0. The second-order valence-corrected chi connectivity index (χ2v) is 3.23. The van der Waals surface area contributed by atoms with Gasteiger partial charge >= 0.3 is 0 Å². The van der Waals surface area contributed by atoms with E-state index in [2.05, 4.69) is 13.2 Å². The molecule has 0 aliphatic heterocycles. The molecule has 0 fully saturated rings. The summed E-state index contributed by atoms with van der Waals surface area (Å²) >= 11 is 0. The van der Waals surface area contributed by atoms with Gasteiger partial charge in [-0.3, -0.25) is 0 Å². The maximum Gasteiger partial charge on any atom is 0 e. The van der Waals surface area contributed by atoms with Crippen LogP contribution in [0.25, 0.3) is 12.2 Å². The molecule has 84 valence electrons. The Kier molecular flexibility index (Phi) is 8.34. The molecule has 17 heavy (non-hydrogen) atoms. The van der Waals surface area contributed by atoms with E-state index in [0.717, 1.165) is 0 Å². The molecule has 0 bridgehead atoms. The normalized spacial score (nSPS) is 8.00. The second-order valence-electron chi connectivity index (χ2n) is 3.23. The number of hydrogen-bond acceptors (Lipinski definition) is 0. The van der Waals surface area contributed by atoms with Gasteiger partial charge in [-0.15, -0.1) is 0 Å². The Balaban J connectivity index is 0.000000284. The van der Waals surface area contributed by atoms with E-state index in [-0.39, 0.29) is 11.0 Å². The summed E-state index contributed by atoms with van der Waals surface area (Å²) in [5, 5.41) is 0. The lowest BCUT2D eigenvalue weighted by Crippen LogP contribution is -1.63. The Hall–Kier alpha value is -1.86. The van der Waals surface area contributed by atoms with Crippen molar-refractivity contribution in [3.05, 3.63) is 84.9 Å². The fraction of sp³-hybridized carbons (Fsp3) is 0. The average Bonchev–Trinajstić information content (AvgIpc) is 2.41. The molecule has 0 nitrogen and oxygen atoms in total. The van der Waals surface area contributed by atoms with E-state index < -0.39 is 0 Å². The largest absolute Gasteiger partial charge is 0.0985 e. The van der Waals surface area contributed by atoms with Crippen LogP contribution in [0.4, 0.5) is 0 Å². The topological polar surface area (TPSA) is 0 Å². The maximum atomic E-state index is 3.63. The Morgan fingerprint density at radius 3 is 1.06 bits per heavy atom. The van der Waals surface area contributed by atoms with Crippen LogP contribution in [0.15, 0.2) is 73.8 Å². The van der Waals surface area contributed by atoms with Gasteiger partial charge in [-0.05, 0) is 11.1 Å². The van der Waals surface area contributed by atoms with E-state index in [1.165, 1.54) is 11.1 Å². The summed E-state index contributed by atoms with van der Waals surface area (Å²) in [4.78, 5) is 0. The lowest BCUT2D eigenvalue weighted by Gasteiger charge is -1.85. The molecular formula is C16H16Si. The third-order valence-corrected chi connectivity index (χ3v) is 2.07. The van der Waals surface area contributed by atoms with E-state index in [4.69, 9.17) is 0 Å². The molecule has 0 amide bonds. The van der Waals surface area contributed by atoms with E-state index in [9.17, 15) is 0 Å². The van der Waals surface area contributed by atoms with Crippen LogP contribution in [0.5, 0.6) is 0 Å². The molecule has 0 aliphatic carbocycles. The summed E-state index contributed by atoms with van der Waals surface area (Å²) in [6.45, 7) is 7.26. The van der Waals surface area contributed by atoms with Crippen LogP contribution in [0, 0.1) is 0 Å². The van der Waals surface area contributed by atoms with Crippen molar-refractivity contribution in [3.8, 4) is 0 Å². The Bertz CT molecular complexity index is 374. The van der Waals surface area contributed by atoms with Crippen LogP contribution < -0.4 is 0 Å². The van der Waals surface area contributed by atoms with E-state index in [1.54, 1.807) is 0 Å². The van der Waals surface area contributed by atoms with Crippen LogP contribution in [0.3, 0.4) is 0 Å². The summed E-state index contributed by atoms with van der Waals surface area (Å²) in [6.07, 6.45) is 3.67. The lowest BCUT2D eigenvalue weighted by atomic mass is 10.2. The molecule has 0 spiro atoms. The smallest absolute Gasteiger partial charge is 0 e. The van der Waals surface area contributed by atoms with Crippen LogP contribution in [0.2, 0.25) is 0 Å². The van der Waals surface area contributed by atoms with Crippen molar-refractivity contribution in [2.75, 3.05) is 0 Å². The fourth-order valence-electron chi connectivity index (χ4n) is 1.18. The summed E-state index contributed by atoms with van der Waals surface area (Å²) < 4.78 is 0. The Morgan fingerprint density at radius 2 is 0.882 bits per heavy atom. The van der Waals surface area contributed by atoms with Gasteiger partial charge in [0.25, 0.3) is 0 Å². The zero-order valence-corrected chi connectivity index (χ0v) is 10.8. The second kappa shape index (κ2) is 9.37. The molecule has 0 N–H and O–H groups in total. The molecule has 0 saturated heterocycles. The summed E-state index contributed by atoms with van der Waals surface area (Å²) in [7, 11) is 0. The zero-order chi connectivity index (χ0) is 11.6. The van der Waals surface area contributed by atoms with Crippen LogP contribution in [-0.4, -0.2) is 11.0 Å². The minimum absolute atomic E-state index is 0. The van der Waals surface area contributed by atoms with E-state index in [1.807, 2.05) is 72.8 Å². The molecule has 0 aliphatic rings. The maximum absolute atomic E-state index is 3.63. The van der Waals surface area contributed by atoms with Gasteiger partial charge in [-0.25, -0.2) is 0 Å². The highest BCUT2D eigenvalue weighted by atomic mass is 28.1. The lowest BCUT2D eigenvalue weighted by molar-refractivity contribution is 1.67. The number of hydrogen-bond donors (Lipinski definition) is 0. The molecule has 1 heteroatoms. The number of benzene rings is 2. The highest BCUT2D eigenvalue weighted by Gasteiger charge is 1.76. The Morgan fingerprint density at radius 1 is 0.588 bits per heavy atom. The molecular weight excluding hydrogens is 220 g/mol. The van der Waals surface area contributed by atoms with Gasteiger partial charge in [0.1, 0.15) is 0 Å². The summed E-state index contributed by atoms with van der Waals surface area (Å²) in [5.41, 5.74) is 2.35. The first-order valence-corrected chi connectivity index (χ1v) is 5.22. The van der Waals surface area contributed by atoms with Gasteiger partial charge in [-0.2, -0.15) is 0 Å². The van der Waals surface area contributed by atoms with Crippen LogP contribution in [-0.2, 0) is 0 Å². The standard InChI is InChI=1S/2C8H8.Si/c2*1-2-8-6-4-3-5-7-8;/h2*2-7H,1H2;. The minimum Gasteiger partial charge on any atom is -0.0985 e. The number of rotatable bonds is 2. The predicted molar refractivity (Wildman–Crippen MR) is 78.8 cm³/mol. The highest BCUT2D eigenvalue weighted by molar-refractivity contribution is 5.75. The third kappa shape index (κ3) is 6.33. The fourth-order valence-corrected chi connectivity index (χ4v) is 1.18. The van der Waals surface area contributed by atoms with Gasteiger partial charge in [0.05, 0.1) is 0 Å². The minimum atomic E-state index is 0. The van der Waals surface area contributed by atoms with Gasteiger partial charge in [0, 0.05) is 11.0 Å². The van der Waals surface area contributed by atoms with Crippen LogP contribution in [0.1, 0.15) is 11.1 Å². The molecule has 0 saturated carbocycles. The Labute approximate surface area is 108 Å². The highest BCUT2D eigenvalue weighted by Crippen LogP contribution is 1.98. The van der Waals surface area contributed by atoms with Crippen molar-refractivity contribution in [1.29, 1.82) is 0 Å². The molecule has 2 rings (SSSR count). The first-order chi connectivity index (χ1) is 7.86. The van der Waals surface area contributed by atoms with Crippen molar-refractivity contribution >= 4 is 23.1 Å². The summed E-state index contributed by atoms with van der Waals surface area (Å²) in [6, 6.07) is 20.1. The quantitative estimate of drug-likeness (QED) is 0.683. The first-order valence-electron chi connectivity index (χ1n) is 5.22. The monoisotopic (exact) mass is 236 g/mol. The average molecular weight is 236 g/mol. The van der Waals surface area contributed by atoms with Crippen LogP contribution >= 0.6 is 0 Å².